The third-order valence-corrected chi connectivity index (χ3v) is 7.82. The fourth-order valence-corrected chi connectivity index (χ4v) is 6.06. The lowest BCUT2D eigenvalue weighted by atomic mass is 9.85. The molecule has 1 heterocycles. The van der Waals surface area contributed by atoms with E-state index in [9.17, 15) is 1.37 Å². The summed E-state index contributed by atoms with van der Waals surface area (Å²) < 4.78 is 136. The van der Waals surface area contributed by atoms with Crippen LogP contribution in [-0.2, 0) is 0 Å². The molecule has 0 unspecified atom stereocenters. The molecular weight excluding hydrogens is 520 g/mol. The van der Waals surface area contributed by atoms with E-state index >= 15 is 0 Å². The van der Waals surface area contributed by atoms with Crippen LogP contribution in [-0.4, -0.2) is 0 Å². The van der Waals surface area contributed by atoms with Crippen LogP contribution in [0.25, 0.3) is 87.6 Å². The highest BCUT2D eigenvalue weighted by Gasteiger charge is 2.19. The van der Waals surface area contributed by atoms with Crippen molar-refractivity contribution in [3.63, 3.8) is 0 Å². The Morgan fingerprint density at radius 1 is 0.419 bits per heavy atom. The summed E-state index contributed by atoms with van der Waals surface area (Å²) in [6, 6.07) is 11.8. The van der Waals surface area contributed by atoms with Crippen LogP contribution in [0.2, 0.25) is 0 Å². The van der Waals surface area contributed by atoms with Crippen molar-refractivity contribution < 1.29 is 25.0 Å². The van der Waals surface area contributed by atoms with Gasteiger partial charge in [-0.15, -0.1) is 0 Å². The predicted molar refractivity (Wildman–Crippen MR) is 183 cm³/mol. The van der Waals surface area contributed by atoms with Crippen molar-refractivity contribution in [1.82, 2.24) is 0 Å². The second-order valence-electron chi connectivity index (χ2n) is 10.1. The third kappa shape index (κ3) is 3.65. The molecule has 0 saturated carbocycles. The number of benzene rings is 8. The Kier molecular flexibility index (Phi) is 2.97. The van der Waals surface area contributed by atoms with Gasteiger partial charge in [0.05, 0.1) is 20.6 Å². The summed E-state index contributed by atoms with van der Waals surface area (Å²) in [7, 11) is 0. The molecule has 0 saturated heterocycles. The van der Waals surface area contributed by atoms with E-state index in [4.69, 9.17) is 23.6 Å². The monoisotopic (exact) mass is 561 g/mol. The van der Waals surface area contributed by atoms with Gasteiger partial charge in [0.15, 0.2) is 0 Å². The zero-order chi connectivity index (χ0) is 41.4. The Morgan fingerprint density at radius 3 is 1.58 bits per heavy atom. The molecule has 0 atom stereocenters. The first-order chi connectivity index (χ1) is 27.6. The van der Waals surface area contributed by atoms with Gasteiger partial charge in [-0.1, -0.05) is 139 Å². The molecule has 0 aliphatic rings. The molecule has 0 N–H and O–H groups in total. The molecule has 9 rings (SSSR count). The third-order valence-electron chi connectivity index (χ3n) is 7.82. The van der Waals surface area contributed by atoms with E-state index in [2.05, 4.69) is 0 Å². The zero-order valence-electron chi connectivity index (χ0n) is 37.3. The molecule has 0 bridgehead atoms. The molecular formula is C42H26O. The minimum absolute atomic E-state index is 0.0403. The summed E-state index contributed by atoms with van der Waals surface area (Å²) in [5, 5.41) is 2.69. The summed E-state index contributed by atoms with van der Waals surface area (Å²) >= 11 is 0. The Morgan fingerprint density at radius 2 is 0.953 bits per heavy atom. The Labute approximate surface area is 270 Å². The molecule has 1 nitrogen and oxygen atoms in total. The van der Waals surface area contributed by atoms with Gasteiger partial charge in [0, 0.05) is 16.2 Å². The first kappa shape index (κ1) is 13.5. The van der Waals surface area contributed by atoms with E-state index in [1.165, 1.54) is 0 Å². The highest BCUT2D eigenvalue weighted by molar-refractivity contribution is 6.23. The maximum atomic E-state index is 9.66. The van der Waals surface area contributed by atoms with Gasteiger partial charge in [0.2, 0.25) is 0 Å². The summed E-state index contributed by atoms with van der Waals surface area (Å²) in [5.74, 6) is 0. The Bertz CT molecular complexity index is 3240. The van der Waals surface area contributed by atoms with Gasteiger partial charge in [-0.25, -0.2) is 0 Å². The van der Waals surface area contributed by atoms with E-state index in [0.29, 0.717) is 43.6 Å². The van der Waals surface area contributed by atoms with Crippen LogP contribution in [0.4, 0.5) is 0 Å². The highest BCUT2D eigenvalue weighted by atomic mass is 16.3. The van der Waals surface area contributed by atoms with E-state index in [-0.39, 0.29) is 56.6 Å². The molecule has 0 spiro atoms. The highest BCUT2D eigenvalue weighted by Crippen LogP contribution is 2.45. The maximum absolute atomic E-state index is 9.66. The molecule has 0 radical (unpaired) electrons. The van der Waals surface area contributed by atoms with Gasteiger partial charge in [-0.05, 0) is 78.5 Å². The van der Waals surface area contributed by atoms with Gasteiger partial charge in [0.1, 0.15) is 11.2 Å². The van der Waals surface area contributed by atoms with Crippen molar-refractivity contribution in [3.8, 4) is 33.4 Å². The van der Waals surface area contributed by atoms with Gasteiger partial charge in [-0.3, -0.25) is 0 Å². The van der Waals surface area contributed by atoms with Crippen molar-refractivity contribution in [2.24, 2.45) is 0 Å². The Hall–Kier alpha value is -5.66. The quantitative estimate of drug-likeness (QED) is 0.196. The number of hydrogen-bond donors (Lipinski definition) is 0. The molecule has 0 amide bonds. The standard InChI is InChI=1S/C42H26O/c1-3-13-27(14-4-1)36-26-38-37-25-29(23-24-39(37)43-42(38)35-22-12-7-17-30(35)36)41-33-20-10-8-18-31(33)40(28-15-5-2-6-16-28)32-19-9-11-21-34(32)41/h1-26H/i1D,2D,3D,4D,5D,6D,7D,12D,13D,14D,15D,16D,17D,22D,26D. The van der Waals surface area contributed by atoms with Crippen LogP contribution in [0.15, 0.2) is 162 Å². The molecule has 0 fully saturated rings. The number of hydrogen-bond acceptors (Lipinski definition) is 1. The average molecular weight is 562 g/mol. The molecule has 9 aromatic rings. The van der Waals surface area contributed by atoms with E-state index in [0.717, 1.165) is 0 Å². The average Bonchev–Trinajstić information content (AvgIpc) is 3.61. The molecule has 1 heteroatoms. The van der Waals surface area contributed by atoms with E-state index < -0.39 is 78.1 Å². The molecule has 0 aliphatic carbocycles. The second kappa shape index (κ2) is 9.44. The van der Waals surface area contributed by atoms with Crippen molar-refractivity contribution >= 4 is 54.3 Å². The lowest BCUT2D eigenvalue weighted by molar-refractivity contribution is 0.673. The molecule has 200 valence electrons. The van der Waals surface area contributed by atoms with Crippen molar-refractivity contribution in [2.75, 3.05) is 0 Å². The minimum atomic E-state index is -0.672. The van der Waals surface area contributed by atoms with E-state index in [1.54, 1.807) is 30.3 Å². The predicted octanol–water partition coefficient (Wildman–Crippen LogP) is 12.0. The fraction of sp³-hybridized carbons (Fsp3) is 0. The topological polar surface area (TPSA) is 13.1 Å². The lowest BCUT2D eigenvalue weighted by Crippen LogP contribution is -1.90. The van der Waals surface area contributed by atoms with Crippen LogP contribution in [0.3, 0.4) is 0 Å². The fourth-order valence-electron chi connectivity index (χ4n) is 6.06. The van der Waals surface area contributed by atoms with Crippen LogP contribution < -0.4 is 0 Å². The Balaban J connectivity index is 1.44. The van der Waals surface area contributed by atoms with Gasteiger partial charge < -0.3 is 4.42 Å². The van der Waals surface area contributed by atoms with Crippen LogP contribution in [0, 0.1) is 0 Å². The first-order valence-corrected chi connectivity index (χ1v) is 13.6. The van der Waals surface area contributed by atoms with Crippen LogP contribution >= 0.6 is 0 Å². The van der Waals surface area contributed by atoms with Crippen molar-refractivity contribution in [3.05, 3.63) is 157 Å². The normalized spacial score (nSPS) is 16.6. The van der Waals surface area contributed by atoms with Crippen molar-refractivity contribution in [1.29, 1.82) is 0 Å². The second-order valence-corrected chi connectivity index (χ2v) is 10.1. The summed E-state index contributed by atoms with van der Waals surface area (Å²) in [6.45, 7) is 0. The van der Waals surface area contributed by atoms with Gasteiger partial charge in [-0.2, -0.15) is 0 Å². The van der Waals surface area contributed by atoms with Crippen LogP contribution in [0.5, 0.6) is 0 Å². The smallest absolute Gasteiger partial charge is 0.143 e. The van der Waals surface area contributed by atoms with Crippen LogP contribution in [0.1, 0.15) is 20.6 Å². The summed E-state index contributed by atoms with van der Waals surface area (Å²) in [5.41, 5.74) is 1.39. The molecule has 1 aromatic heterocycles. The van der Waals surface area contributed by atoms with Gasteiger partial charge in [0.25, 0.3) is 0 Å². The van der Waals surface area contributed by atoms with Gasteiger partial charge >= 0.3 is 0 Å². The maximum Gasteiger partial charge on any atom is 0.143 e. The zero-order valence-corrected chi connectivity index (χ0v) is 22.3. The SMILES string of the molecule is [2H]c1c([2H])c([2H])c(-c2c3ccccc3c(-c3ccc4oc5c6c([2H])c([2H])c([2H])c([2H])c6c(-c6c([2H])c([2H])c([2H])c([2H])c6[2H])c([2H])c5c4c3)c3ccccc23)c([2H])c1[2H]. The number of rotatable bonds is 3. The van der Waals surface area contributed by atoms with Crippen molar-refractivity contribution in [2.45, 2.75) is 0 Å². The largest absolute Gasteiger partial charge is 0.455 e. The lowest BCUT2D eigenvalue weighted by Gasteiger charge is -2.17. The summed E-state index contributed by atoms with van der Waals surface area (Å²) in [4.78, 5) is 0. The minimum Gasteiger partial charge on any atom is -0.455 e. The number of furan rings is 1. The van der Waals surface area contributed by atoms with E-state index in [1.807, 2.05) is 36.4 Å². The summed E-state index contributed by atoms with van der Waals surface area (Å²) in [6.07, 6.45) is 0. The number of fused-ring (bicyclic) bond motifs is 7. The molecule has 43 heavy (non-hydrogen) atoms. The first-order valence-electron chi connectivity index (χ1n) is 21.1. The molecule has 0 aliphatic heterocycles. The molecule has 8 aromatic carbocycles.